The van der Waals surface area contributed by atoms with E-state index in [0.29, 0.717) is 10.8 Å². The minimum absolute atomic E-state index is 0.0936. The van der Waals surface area contributed by atoms with E-state index in [1.54, 1.807) is 30.3 Å². The van der Waals surface area contributed by atoms with Crippen molar-refractivity contribution < 1.29 is 22.7 Å². The Hall–Kier alpha value is -2.04. The Labute approximate surface area is 101 Å². The van der Waals surface area contributed by atoms with Gasteiger partial charge in [0.25, 0.3) is 0 Å². The summed E-state index contributed by atoms with van der Waals surface area (Å²) in [5, 5.41) is 1.05. The van der Waals surface area contributed by atoms with Crippen LogP contribution in [0.4, 0.5) is 13.2 Å². The minimum atomic E-state index is -4.67. The van der Waals surface area contributed by atoms with Gasteiger partial charge < -0.3 is 4.74 Å². The molecule has 0 aromatic heterocycles. The highest BCUT2D eigenvalue weighted by molar-refractivity contribution is 5.86. The topological polar surface area (TPSA) is 26.3 Å². The molecule has 0 heterocycles. The molecule has 0 aliphatic heterocycles. The van der Waals surface area contributed by atoms with Crippen LogP contribution in [0.2, 0.25) is 0 Å². The summed E-state index contributed by atoms with van der Waals surface area (Å²) in [4.78, 5) is 10.1. The second-order valence-electron chi connectivity index (χ2n) is 3.69. The van der Waals surface area contributed by atoms with Crippen LogP contribution in [0.3, 0.4) is 0 Å². The van der Waals surface area contributed by atoms with Crippen molar-refractivity contribution in [2.24, 2.45) is 0 Å². The summed E-state index contributed by atoms with van der Waals surface area (Å²) in [5.74, 6) is 0. The second-order valence-corrected chi connectivity index (χ2v) is 3.69. The predicted octanol–water partition coefficient (Wildman–Crippen LogP) is 3.53. The van der Waals surface area contributed by atoms with E-state index in [9.17, 15) is 18.0 Å². The molecule has 2 rings (SSSR count). The van der Waals surface area contributed by atoms with Gasteiger partial charge in [-0.05, 0) is 10.8 Å². The number of carbonyl (C=O) groups excluding carboxylic acids is 1. The Bertz CT molecular complexity index is 558. The molecule has 5 heteroatoms. The van der Waals surface area contributed by atoms with Crippen LogP contribution in [0.25, 0.3) is 10.8 Å². The molecule has 93 valence electrons. The van der Waals surface area contributed by atoms with Crippen LogP contribution in [0.1, 0.15) is 11.7 Å². The van der Waals surface area contributed by atoms with Gasteiger partial charge in [-0.2, -0.15) is 13.2 Å². The minimum Gasteiger partial charge on any atom is -0.439 e. The highest BCUT2D eigenvalue weighted by atomic mass is 19.4. The highest BCUT2D eigenvalue weighted by Gasteiger charge is 2.43. The zero-order valence-corrected chi connectivity index (χ0v) is 9.07. The maximum atomic E-state index is 12.8. The van der Waals surface area contributed by atoms with Crippen LogP contribution in [0.15, 0.2) is 42.5 Å². The Balaban J connectivity index is 2.60. The molecule has 2 aromatic carbocycles. The van der Waals surface area contributed by atoms with E-state index in [0.717, 1.165) is 6.47 Å². The summed E-state index contributed by atoms with van der Waals surface area (Å²) in [6.45, 7) is 0.868. The van der Waals surface area contributed by atoms with Gasteiger partial charge in [-0.25, -0.2) is 4.79 Å². The Morgan fingerprint density at radius 1 is 1.06 bits per heavy atom. The third-order valence-corrected chi connectivity index (χ3v) is 2.57. The normalized spacial score (nSPS) is 13.3. The molecular weight excluding hydrogens is 245 g/mol. The molecule has 1 radical (unpaired) electrons. The van der Waals surface area contributed by atoms with E-state index < -0.39 is 12.3 Å². The smallest absolute Gasteiger partial charge is 0.429 e. The van der Waals surface area contributed by atoms with Crippen molar-refractivity contribution in [1.82, 2.24) is 0 Å². The lowest BCUT2D eigenvalue weighted by Gasteiger charge is -2.19. The molecule has 2 nitrogen and oxygen atoms in total. The number of rotatable bonds is 3. The van der Waals surface area contributed by atoms with E-state index in [1.165, 1.54) is 12.1 Å². The third-order valence-electron chi connectivity index (χ3n) is 2.57. The van der Waals surface area contributed by atoms with Gasteiger partial charge in [-0.1, -0.05) is 42.5 Å². The number of fused-ring (bicyclic) bond motifs is 1. The number of ether oxygens (including phenoxy) is 1. The Morgan fingerprint density at radius 3 is 2.39 bits per heavy atom. The van der Waals surface area contributed by atoms with E-state index in [2.05, 4.69) is 4.74 Å². The molecule has 0 saturated carbocycles. The van der Waals surface area contributed by atoms with E-state index in [4.69, 9.17) is 0 Å². The van der Waals surface area contributed by atoms with E-state index >= 15 is 0 Å². The summed E-state index contributed by atoms with van der Waals surface area (Å²) in [6.07, 6.45) is -6.96. The zero-order chi connectivity index (χ0) is 13.2. The first kappa shape index (κ1) is 12.4. The molecule has 0 N–H and O–H groups in total. The van der Waals surface area contributed by atoms with Gasteiger partial charge in [0.2, 0.25) is 6.10 Å². The summed E-state index contributed by atoms with van der Waals surface area (Å²) in [5.41, 5.74) is -0.0936. The van der Waals surface area contributed by atoms with Crippen LogP contribution in [0.5, 0.6) is 0 Å². The van der Waals surface area contributed by atoms with Crippen molar-refractivity contribution >= 4 is 17.2 Å². The standard InChI is InChI=1S/C13H8F3O2/c14-13(15,16)12(18-8-17)11-7-3-5-9-4-1-2-6-10(9)11/h1-7,12H. The van der Waals surface area contributed by atoms with Crippen LogP contribution in [-0.4, -0.2) is 12.6 Å². The average Bonchev–Trinajstić information content (AvgIpc) is 2.34. The van der Waals surface area contributed by atoms with Crippen molar-refractivity contribution in [3.05, 3.63) is 48.0 Å². The van der Waals surface area contributed by atoms with Crippen LogP contribution in [-0.2, 0) is 9.53 Å². The fourth-order valence-electron chi connectivity index (χ4n) is 1.83. The maximum Gasteiger partial charge on any atom is 0.429 e. The van der Waals surface area contributed by atoms with Crippen molar-refractivity contribution in [3.8, 4) is 0 Å². The van der Waals surface area contributed by atoms with E-state index in [-0.39, 0.29) is 5.56 Å². The lowest BCUT2D eigenvalue weighted by Crippen LogP contribution is -2.23. The zero-order valence-electron chi connectivity index (χ0n) is 9.07. The number of hydrogen-bond donors (Lipinski definition) is 0. The number of benzene rings is 2. The van der Waals surface area contributed by atoms with Crippen LogP contribution >= 0.6 is 0 Å². The molecule has 0 aliphatic rings. The molecule has 0 spiro atoms. The first-order valence-corrected chi connectivity index (χ1v) is 5.11. The van der Waals surface area contributed by atoms with E-state index in [1.807, 2.05) is 0 Å². The van der Waals surface area contributed by atoms with Crippen molar-refractivity contribution in [1.29, 1.82) is 0 Å². The van der Waals surface area contributed by atoms with Gasteiger partial charge in [0, 0.05) is 5.56 Å². The second kappa shape index (κ2) is 4.68. The molecular formula is C13H8F3O2. The quantitative estimate of drug-likeness (QED) is 0.836. The van der Waals surface area contributed by atoms with Gasteiger partial charge in [0.1, 0.15) is 0 Å². The molecule has 0 amide bonds. The predicted molar refractivity (Wildman–Crippen MR) is 59.5 cm³/mol. The largest absolute Gasteiger partial charge is 0.439 e. The molecule has 0 saturated heterocycles. The maximum absolute atomic E-state index is 12.8. The highest BCUT2D eigenvalue weighted by Crippen LogP contribution is 2.38. The monoisotopic (exact) mass is 253 g/mol. The summed E-state index contributed by atoms with van der Waals surface area (Å²) < 4.78 is 42.5. The molecule has 1 atom stereocenters. The lowest BCUT2D eigenvalue weighted by atomic mass is 10.00. The fraction of sp³-hybridized carbons (Fsp3) is 0.154. The fourth-order valence-corrected chi connectivity index (χ4v) is 1.83. The van der Waals surface area contributed by atoms with Gasteiger partial charge in [-0.15, -0.1) is 0 Å². The Morgan fingerprint density at radius 2 is 1.72 bits per heavy atom. The van der Waals surface area contributed by atoms with Gasteiger partial charge >= 0.3 is 12.6 Å². The summed E-state index contributed by atoms with van der Waals surface area (Å²) in [6, 6.07) is 11.1. The number of halogens is 3. The van der Waals surface area contributed by atoms with Gasteiger partial charge in [0.15, 0.2) is 0 Å². The summed E-state index contributed by atoms with van der Waals surface area (Å²) in [7, 11) is 0. The number of hydrogen-bond acceptors (Lipinski definition) is 2. The molecule has 0 fully saturated rings. The van der Waals surface area contributed by atoms with Crippen molar-refractivity contribution in [2.75, 3.05) is 0 Å². The molecule has 1 unspecified atom stereocenters. The molecule has 0 bridgehead atoms. The summed E-state index contributed by atoms with van der Waals surface area (Å²) >= 11 is 0. The molecule has 0 aliphatic carbocycles. The first-order valence-electron chi connectivity index (χ1n) is 5.11. The molecule has 2 aromatic rings. The van der Waals surface area contributed by atoms with Gasteiger partial charge in [-0.3, -0.25) is 0 Å². The Kier molecular flexibility index (Phi) is 3.23. The average molecular weight is 253 g/mol. The van der Waals surface area contributed by atoms with Gasteiger partial charge in [0.05, 0.1) is 0 Å². The lowest BCUT2D eigenvalue weighted by molar-refractivity contribution is -0.201. The molecule has 18 heavy (non-hydrogen) atoms. The van der Waals surface area contributed by atoms with Crippen LogP contribution < -0.4 is 0 Å². The van der Waals surface area contributed by atoms with Crippen molar-refractivity contribution in [2.45, 2.75) is 12.3 Å². The third kappa shape index (κ3) is 2.30. The first-order chi connectivity index (χ1) is 8.54. The van der Waals surface area contributed by atoms with Crippen molar-refractivity contribution in [3.63, 3.8) is 0 Å². The van der Waals surface area contributed by atoms with Crippen LogP contribution in [0, 0.1) is 0 Å². The SMILES string of the molecule is O=[C]OC(c1cccc2ccccc12)C(F)(F)F. The number of alkyl halides is 3.